The quantitative estimate of drug-likeness (QED) is 0.629. The summed E-state index contributed by atoms with van der Waals surface area (Å²) < 4.78 is 1.94. The zero-order valence-electron chi connectivity index (χ0n) is 12.5. The van der Waals surface area contributed by atoms with E-state index in [9.17, 15) is 4.79 Å². The molecule has 20 heavy (non-hydrogen) atoms. The van der Waals surface area contributed by atoms with Crippen molar-refractivity contribution in [3.63, 3.8) is 0 Å². The van der Waals surface area contributed by atoms with E-state index in [-0.39, 0.29) is 11.8 Å². The van der Waals surface area contributed by atoms with Gasteiger partial charge in [0, 0.05) is 44.4 Å². The Bertz CT molecular complexity index is 585. The van der Waals surface area contributed by atoms with Crippen molar-refractivity contribution in [3.05, 3.63) is 59.9 Å². The molecule has 0 unspecified atom stereocenters. The van der Waals surface area contributed by atoms with E-state index >= 15 is 0 Å². The lowest BCUT2D eigenvalue weighted by Crippen LogP contribution is -2.41. The van der Waals surface area contributed by atoms with Crippen molar-refractivity contribution >= 4 is 11.5 Å². The summed E-state index contributed by atoms with van der Waals surface area (Å²) in [6.45, 7) is 3.95. The Balaban J connectivity index is 2.19. The van der Waals surface area contributed by atoms with Crippen LogP contribution in [0.15, 0.2) is 48.8 Å². The van der Waals surface area contributed by atoms with Crippen LogP contribution in [0.3, 0.4) is 0 Å². The van der Waals surface area contributed by atoms with Crippen LogP contribution in [0.2, 0.25) is 0 Å². The molecule has 0 amide bonds. The van der Waals surface area contributed by atoms with E-state index in [0.717, 1.165) is 16.8 Å². The van der Waals surface area contributed by atoms with Crippen LogP contribution in [0.4, 0.5) is 5.69 Å². The van der Waals surface area contributed by atoms with E-state index in [4.69, 9.17) is 0 Å². The summed E-state index contributed by atoms with van der Waals surface area (Å²) in [6.07, 6.45) is 3.90. The summed E-state index contributed by atoms with van der Waals surface area (Å²) >= 11 is 0. The highest BCUT2D eigenvalue weighted by atomic mass is 16.1. The molecule has 1 atom stereocenters. The lowest BCUT2D eigenvalue weighted by atomic mass is 10.0. The van der Waals surface area contributed by atoms with Crippen molar-refractivity contribution in [2.45, 2.75) is 19.9 Å². The van der Waals surface area contributed by atoms with Crippen LogP contribution in [0.25, 0.3) is 0 Å². The molecule has 0 aliphatic carbocycles. The largest absolute Gasteiger partial charge is 0.377 e. The third kappa shape index (κ3) is 3.05. The molecule has 0 bridgehead atoms. The van der Waals surface area contributed by atoms with Crippen molar-refractivity contribution < 1.29 is 9.36 Å². The fourth-order valence-corrected chi connectivity index (χ4v) is 2.08. The molecule has 0 N–H and O–H groups in total. The van der Waals surface area contributed by atoms with Gasteiger partial charge in [-0.2, -0.15) is 4.57 Å². The van der Waals surface area contributed by atoms with Crippen LogP contribution >= 0.6 is 0 Å². The number of nitrogens with zero attached hydrogens (tertiary/aromatic N) is 2. The number of ketones is 1. The second-order valence-electron chi connectivity index (χ2n) is 5.30. The highest BCUT2D eigenvalue weighted by molar-refractivity contribution is 5.97. The third-order valence-corrected chi connectivity index (χ3v) is 3.51. The topological polar surface area (TPSA) is 24.2 Å². The van der Waals surface area contributed by atoms with Gasteiger partial charge in [-0.3, -0.25) is 4.79 Å². The van der Waals surface area contributed by atoms with Gasteiger partial charge >= 0.3 is 0 Å². The fourth-order valence-electron chi connectivity index (χ4n) is 2.08. The summed E-state index contributed by atoms with van der Waals surface area (Å²) in [6, 6.07) is 11.6. The van der Waals surface area contributed by atoms with Gasteiger partial charge in [-0.1, -0.05) is 29.8 Å². The number of anilines is 1. The van der Waals surface area contributed by atoms with E-state index < -0.39 is 0 Å². The number of hydrogen-bond donors (Lipinski definition) is 0. The predicted octanol–water partition coefficient (Wildman–Crippen LogP) is 2.79. The van der Waals surface area contributed by atoms with Gasteiger partial charge in [0.1, 0.15) is 0 Å². The summed E-state index contributed by atoms with van der Waals surface area (Å²) in [4.78, 5) is 14.5. The number of pyridine rings is 1. The molecule has 3 nitrogen and oxygen atoms in total. The van der Waals surface area contributed by atoms with Crippen LogP contribution < -0.4 is 9.47 Å². The van der Waals surface area contributed by atoms with Crippen LogP contribution in [0.1, 0.15) is 28.9 Å². The van der Waals surface area contributed by atoms with Gasteiger partial charge < -0.3 is 4.90 Å². The van der Waals surface area contributed by atoms with Gasteiger partial charge in [-0.15, -0.1) is 0 Å². The molecule has 104 valence electrons. The second kappa shape index (κ2) is 5.87. The van der Waals surface area contributed by atoms with Gasteiger partial charge in [0.2, 0.25) is 11.8 Å². The lowest BCUT2D eigenvalue weighted by molar-refractivity contribution is -0.704. The Kier molecular flexibility index (Phi) is 4.18. The number of carbonyl (C=O) groups excluding carboxylic acids is 1. The van der Waals surface area contributed by atoms with Crippen molar-refractivity contribution in [2.24, 2.45) is 0 Å². The van der Waals surface area contributed by atoms with Crippen LogP contribution in [0.5, 0.6) is 0 Å². The Morgan fingerprint density at radius 1 is 1.05 bits per heavy atom. The monoisotopic (exact) mass is 269 g/mol. The van der Waals surface area contributed by atoms with Crippen LogP contribution in [-0.4, -0.2) is 19.9 Å². The molecule has 1 heterocycles. The molecular weight excluding hydrogens is 248 g/mol. The van der Waals surface area contributed by atoms with E-state index in [1.165, 1.54) is 0 Å². The molecule has 2 aromatic rings. The molecule has 0 saturated heterocycles. The molecule has 2 rings (SSSR count). The summed E-state index contributed by atoms with van der Waals surface area (Å²) in [5.41, 5.74) is 3.04. The van der Waals surface area contributed by atoms with Gasteiger partial charge in [0.05, 0.1) is 0 Å². The molecule has 1 aromatic heterocycles. The first-order valence-corrected chi connectivity index (χ1v) is 6.78. The number of rotatable bonds is 4. The van der Waals surface area contributed by atoms with Crippen LogP contribution in [0, 0.1) is 6.92 Å². The summed E-state index contributed by atoms with van der Waals surface area (Å²) in [5, 5.41) is 0. The molecule has 0 fully saturated rings. The number of benzene rings is 1. The molecule has 1 aromatic carbocycles. The van der Waals surface area contributed by atoms with Crippen molar-refractivity contribution in [2.75, 3.05) is 19.0 Å². The fraction of sp³-hybridized carbons (Fsp3) is 0.294. The average Bonchev–Trinajstić information content (AvgIpc) is 2.46. The van der Waals surface area contributed by atoms with Crippen molar-refractivity contribution in [1.29, 1.82) is 0 Å². The highest BCUT2D eigenvalue weighted by Gasteiger charge is 2.23. The van der Waals surface area contributed by atoms with Gasteiger partial charge in [-0.05, 0) is 6.92 Å². The maximum Gasteiger partial charge on any atom is 0.230 e. The zero-order valence-corrected chi connectivity index (χ0v) is 12.5. The maximum atomic E-state index is 12.4. The molecule has 0 aliphatic heterocycles. The molecule has 0 radical (unpaired) electrons. The molecule has 0 saturated carbocycles. The Morgan fingerprint density at radius 2 is 1.60 bits per heavy atom. The van der Waals surface area contributed by atoms with Crippen molar-refractivity contribution in [1.82, 2.24) is 0 Å². The minimum absolute atomic E-state index is 0.132. The predicted molar refractivity (Wildman–Crippen MR) is 81.2 cm³/mol. The molecule has 0 aliphatic rings. The maximum absolute atomic E-state index is 12.4. The van der Waals surface area contributed by atoms with E-state index in [1.807, 2.05) is 86.2 Å². The number of carbonyl (C=O) groups is 1. The van der Waals surface area contributed by atoms with Crippen molar-refractivity contribution in [3.8, 4) is 0 Å². The molecular formula is C17H21N2O+. The van der Waals surface area contributed by atoms with Gasteiger partial charge in [0.15, 0.2) is 12.4 Å². The summed E-state index contributed by atoms with van der Waals surface area (Å²) in [5.74, 6) is 0.132. The first kappa shape index (κ1) is 14.3. The third-order valence-electron chi connectivity index (χ3n) is 3.51. The SMILES string of the molecule is Cc1ccc(C(=O)[C@@H](C)[n+]2ccc(N(C)C)cc2)cc1. The second-order valence-corrected chi connectivity index (χ2v) is 5.30. The highest BCUT2D eigenvalue weighted by Crippen LogP contribution is 2.12. The first-order chi connectivity index (χ1) is 9.49. The Labute approximate surface area is 120 Å². The van der Waals surface area contributed by atoms with Gasteiger partial charge in [0.25, 0.3) is 0 Å². The molecule has 3 heteroatoms. The Hall–Kier alpha value is -2.16. The van der Waals surface area contributed by atoms with Crippen LogP contribution in [-0.2, 0) is 0 Å². The average molecular weight is 269 g/mol. The smallest absolute Gasteiger partial charge is 0.230 e. The summed E-state index contributed by atoms with van der Waals surface area (Å²) in [7, 11) is 4.00. The standard InChI is InChI=1S/C17H21N2O/c1-13-5-7-15(8-6-13)17(20)14(2)19-11-9-16(10-12-19)18(3)4/h5-12,14H,1-4H3/q+1/t14-/m1/s1. The number of aromatic nitrogens is 1. The minimum atomic E-state index is -0.200. The Morgan fingerprint density at radius 3 is 2.10 bits per heavy atom. The van der Waals surface area contributed by atoms with E-state index in [2.05, 4.69) is 0 Å². The van der Waals surface area contributed by atoms with Gasteiger partial charge in [-0.25, -0.2) is 0 Å². The number of aryl methyl sites for hydroxylation is 1. The molecule has 0 spiro atoms. The normalized spacial score (nSPS) is 12.0. The van der Waals surface area contributed by atoms with E-state index in [0.29, 0.717) is 0 Å². The minimum Gasteiger partial charge on any atom is -0.377 e. The first-order valence-electron chi connectivity index (χ1n) is 6.78. The zero-order chi connectivity index (χ0) is 14.7. The lowest BCUT2D eigenvalue weighted by Gasteiger charge is -2.12. The van der Waals surface area contributed by atoms with E-state index in [1.54, 1.807) is 0 Å². The number of Topliss-reactive ketones (excluding diaryl/α,β-unsaturated/α-hetero) is 1. The number of hydrogen-bond acceptors (Lipinski definition) is 2.